The zero-order valence-electron chi connectivity index (χ0n) is 11.2. The van der Waals surface area contributed by atoms with E-state index in [0.29, 0.717) is 13.1 Å². The summed E-state index contributed by atoms with van der Waals surface area (Å²) in [6.07, 6.45) is 2.88. The summed E-state index contributed by atoms with van der Waals surface area (Å²) in [4.78, 5) is 28.8. The molecule has 104 valence electrons. The number of hydrogen-bond donors (Lipinski definition) is 2. The van der Waals surface area contributed by atoms with Gasteiger partial charge < -0.3 is 15.3 Å². The lowest BCUT2D eigenvalue weighted by molar-refractivity contribution is -0.130. The molecular formula is C13H19N3O3. The normalized spacial score (nSPS) is 10.0. The lowest BCUT2D eigenvalue weighted by Crippen LogP contribution is -2.34. The first-order valence-corrected chi connectivity index (χ1v) is 6.28. The van der Waals surface area contributed by atoms with Gasteiger partial charge in [0, 0.05) is 32.3 Å². The molecule has 1 heterocycles. The molecule has 0 aliphatic rings. The highest BCUT2D eigenvalue weighted by atomic mass is 16.3. The van der Waals surface area contributed by atoms with Crippen LogP contribution in [0.15, 0.2) is 18.5 Å². The predicted molar refractivity (Wildman–Crippen MR) is 70.8 cm³/mol. The molecule has 2 amide bonds. The number of aromatic hydroxyl groups is 1. The topological polar surface area (TPSA) is 82.5 Å². The van der Waals surface area contributed by atoms with Crippen LogP contribution in [-0.4, -0.2) is 46.4 Å². The van der Waals surface area contributed by atoms with Crippen molar-refractivity contribution in [3.8, 4) is 5.75 Å². The van der Waals surface area contributed by atoms with Gasteiger partial charge in [0.25, 0.3) is 5.91 Å². The van der Waals surface area contributed by atoms with E-state index in [4.69, 9.17) is 0 Å². The number of carbonyl (C=O) groups excluding carboxylic acids is 2. The summed E-state index contributed by atoms with van der Waals surface area (Å²) in [6, 6.07) is 1.33. The monoisotopic (exact) mass is 265 g/mol. The first-order chi connectivity index (χ1) is 9.08. The minimum absolute atomic E-state index is 0.0133. The van der Waals surface area contributed by atoms with E-state index in [2.05, 4.69) is 10.3 Å². The van der Waals surface area contributed by atoms with Gasteiger partial charge in [-0.25, -0.2) is 0 Å². The largest absolute Gasteiger partial charge is 0.506 e. The predicted octanol–water partition coefficient (Wildman–Crippen LogP) is 0.775. The second-order valence-corrected chi connectivity index (χ2v) is 4.00. The molecule has 2 N–H and O–H groups in total. The van der Waals surface area contributed by atoms with E-state index in [1.807, 2.05) is 13.8 Å². The Labute approximate surface area is 112 Å². The lowest BCUT2D eigenvalue weighted by atomic mass is 10.2. The van der Waals surface area contributed by atoms with Gasteiger partial charge in [0.2, 0.25) is 5.91 Å². The average Bonchev–Trinajstić information content (AvgIpc) is 2.40. The third-order valence-corrected chi connectivity index (χ3v) is 2.73. The quantitative estimate of drug-likeness (QED) is 0.796. The number of rotatable bonds is 6. The fraction of sp³-hybridized carbons (Fsp3) is 0.462. The molecule has 0 fully saturated rings. The van der Waals surface area contributed by atoms with Gasteiger partial charge in [-0.2, -0.15) is 0 Å². The highest BCUT2D eigenvalue weighted by molar-refractivity contribution is 5.94. The third kappa shape index (κ3) is 4.57. The van der Waals surface area contributed by atoms with Crippen molar-refractivity contribution in [2.24, 2.45) is 0 Å². The molecule has 0 saturated carbocycles. The van der Waals surface area contributed by atoms with Crippen LogP contribution in [0.3, 0.4) is 0 Å². The van der Waals surface area contributed by atoms with Crippen molar-refractivity contribution < 1.29 is 14.7 Å². The second kappa shape index (κ2) is 7.35. The van der Waals surface area contributed by atoms with Crippen LogP contribution in [0.4, 0.5) is 0 Å². The van der Waals surface area contributed by atoms with Crippen LogP contribution >= 0.6 is 0 Å². The van der Waals surface area contributed by atoms with E-state index in [-0.39, 0.29) is 36.1 Å². The summed E-state index contributed by atoms with van der Waals surface area (Å²) in [7, 11) is 0. The summed E-state index contributed by atoms with van der Waals surface area (Å²) in [5.41, 5.74) is 0.273. The molecule has 1 rings (SSSR count). The summed E-state index contributed by atoms with van der Waals surface area (Å²) < 4.78 is 0. The van der Waals surface area contributed by atoms with Crippen LogP contribution in [-0.2, 0) is 4.79 Å². The van der Waals surface area contributed by atoms with Crippen LogP contribution < -0.4 is 5.32 Å². The van der Waals surface area contributed by atoms with E-state index < -0.39 is 0 Å². The Hall–Kier alpha value is -2.11. The molecule has 0 aliphatic heterocycles. The maximum Gasteiger partial charge on any atom is 0.252 e. The Kier molecular flexibility index (Phi) is 5.78. The van der Waals surface area contributed by atoms with Crippen LogP contribution in [0, 0.1) is 0 Å². The Morgan fingerprint density at radius 3 is 2.58 bits per heavy atom. The van der Waals surface area contributed by atoms with Gasteiger partial charge in [0.05, 0.1) is 11.8 Å². The number of nitrogens with zero attached hydrogens (tertiary/aromatic N) is 2. The summed E-state index contributed by atoms with van der Waals surface area (Å²) >= 11 is 0. The first-order valence-electron chi connectivity index (χ1n) is 6.28. The Morgan fingerprint density at radius 1 is 1.32 bits per heavy atom. The number of nitrogens with one attached hydrogen (secondary N) is 1. The van der Waals surface area contributed by atoms with Gasteiger partial charge in [0.15, 0.2) is 0 Å². The maximum atomic E-state index is 11.7. The summed E-state index contributed by atoms with van der Waals surface area (Å²) in [5.74, 6) is -0.401. The standard InChI is InChI=1S/C13H19N3O3/c1-3-16(4-2)12(18)5-6-15-13(19)10-7-11(17)9-14-8-10/h7-9,17H,3-6H2,1-2H3,(H,15,19). The molecule has 0 radical (unpaired) electrons. The van der Waals surface area contributed by atoms with Crippen LogP contribution in [0.5, 0.6) is 5.75 Å². The summed E-state index contributed by atoms with van der Waals surface area (Å²) in [6.45, 7) is 5.43. The minimum atomic E-state index is -0.351. The van der Waals surface area contributed by atoms with Gasteiger partial charge >= 0.3 is 0 Å². The Morgan fingerprint density at radius 2 is 2.00 bits per heavy atom. The number of aromatic nitrogens is 1. The molecule has 0 atom stereocenters. The van der Waals surface area contributed by atoms with Crippen molar-refractivity contribution in [3.05, 3.63) is 24.0 Å². The zero-order chi connectivity index (χ0) is 14.3. The number of carbonyl (C=O) groups is 2. The van der Waals surface area contributed by atoms with Crippen molar-refractivity contribution in [1.29, 1.82) is 0 Å². The fourth-order valence-corrected chi connectivity index (χ4v) is 1.67. The second-order valence-electron chi connectivity index (χ2n) is 4.00. The molecule has 0 spiro atoms. The molecule has 0 aromatic carbocycles. The van der Waals surface area contributed by atoms with E-state index >= 15 is 0 Å². The molecule has 0 unspecified atom stereocenters. The highest BCUT2D eigenvalue weighted by Gasteiger charge is 2.11. The molecule has 19 heavy (non-hydrogen) atoms. The van der Waals surface area contributed by atoms with Gasteiger partial charge in [-0.15, -0.1) is 0 Å². The van der Waals surface area contributed by atoms with E-state index in [1.54, 1.807) is 4.90 Å². The van der Waals surface area contributed by atoms with E-state index in [0.717, 1.165) is 0 Å². The van der Waals surface area contributed by atoms with Crippen LogP contribution in [0.2, 0.25) is 0 Å². The Balaban J connectivity index is 2.41. The fourth-order valence-electron chi connectivity index (χ4n) is 1.67. The highest BCUT2D eigenvalue weighted by Crippen LogP contribution is 2.08. The zero-order valence-corrected chi connectivity index (χ0v) is 11.2. The van der Waals surface area contributed by atoms with Crippen molar-refractivity contribution >= 4 is 11.8 Å². The van der Waals surface area contributed by atoms with Crippen LogP contribution in [0.25, 0.3) is 0 Å². The third-order valence-electron chi connectivity index (χ3n) is 2.73. The van der Waals surface area contributed by atoms with Crippen molar-refractivity contribution in [2.45, 2.75) is 20.3 Å². The SMILES string of the molecule is CCN(CC)C(=O)CCNC(=O)c1cncc(O)c1. The number of hydrogen-bond acceptors (Lipinski definition) is 4. The number of pyridine rings is 1. The van der Waals surface area contributed by atoms with Gasteiger partial charge in [-0.1, -0.05) is 0 Å². The van der Waals surface area contributed by atoms with Gasteiger partial charge in [0.1, 0.15) is 5.75 Å². The van der Waals surface area contributed by atoms with E-state index in [1.165, 1.54) is 18.5 Å². The Bertz CT molecular complexity index is 445. The molecule has 1 aromatic heterocycles. The van der Waals surface area contributed by atoms with Crippen molar-refractivity contribution in [2.75, 3.05) is 19.6 Å². The van der Waals surface area contributed by atoms with Crippen LogP contribution in [0.1, 0.15) is 30.6 Å². The molecular weight excluding hydrogens is 246 g/mol. The summed E-state index contributed by atoms with van der Waals surface area (Å²) in [5, 5.41) is 11.8. The molecule has 1 aromatic rings. The molecule has 6 heteroatoms. The van der Waals surface area contributed by atoms with Crippen molar-refractivity contribution in [1.82, 2.24) is 15.2 Å². The minimum Gasteiger partial charge on any atom is -0.506 e. The molecule has 0 aliphatic carbocycles. The smallest absolute Gasteiger partial charge is 0.252 e. The maximum absolute atomic E-state index is 11.7. The van der Waals surface area contributed by atoms with E-state index in [9.17, 15) is 14.7 Å². The molecule has 0 bridgehead atoms. The first kappa shape index (κ1) is 14.9. The van der Waals surface area contributed by atoms with Gasteiger partial charge in [-0.05, 0) is 19.9 Å². The van der Waals surface area contributed by atoms with Crippen molar-refractivity contribution in [3.63, 3.8) is 0 Å². The molecule has 6 nitrogen and oxygen atoms in total. The average molecular weight is 265 g/mol. The lowest BCUT2D eigenvalue weighted by Gasteiger charge is -2.18. The number of amides is 2. The van der Waals surface area contributed by atoms with Gasteiger partial charge in [-0.3, -0.25) is 14.6 Å². The molecule has 0 saturated heterocycles.